The highest BCUT2D eigenvalue weighted by Gasteiger charge is 2.40. The molecule has 0 spiro atoms. The predicted octanol–water partition coefficient (Wildman–Crippen LogP) is 4.98. The highest BCUT2D eigenvalue weighted by Crippen LogP contribution is 2.47. The molecule has 0 radical (unpaired) electrons. The predicted molar refractivity (Wildman–Crippen MR) is 109 cm³/mol. The van der Waals surface area contributed by atoms with Gasteiger partial charge in [0, 0.05) is 29.1 Å². The molecule has 0 aliphatic carbocycles. The number of aromatic amines is 1. The van der Waals surface area contributed by atoms with E-state index in [0.717, 1.165) is 36.5 Å². The van der Waals surface area contributed by atoms with Crippen LogP contribution < -0.4 is 4.74 Å². The van der Waals surface area contributed by atoms with Crippen molar-refractivity contribution in [2.45, 2.75) is 31.2 Å². The Labute approximate surface area is 159 Å². The third kappa shape index (κ3) is 2.36. The molecule has 1 aromatic heterocycles. The van der Waals surface area contributed by atoms with Gasteiger partial charge in [0.2, 0.25) is 0 Å². The molecular weight excluding hydrogens is 340 g/mol. The highest BCUT2D eigenvalue weighted by atomic mass is 32.1. The number of nitrogens with one attached hydrogen (secondary N) is 1. The molecule has 26 heavy (non-hydrogen) atoms. The monoisotopic (exact) mass is 362 g/mol. The second kappa shape index (κ2) is 6.13. The molecule has 2 aliphatic heterocycles. The zero-order chi connectivity index (χ0) is 17.7. The van der Waals surface area contributed by atoms with E-state index in [2.05, 4.69) is 52.3 Å². The molecule has 1 N–H and O–H groups in total. The Morgan fingerprint density at radius 1 is 1.12 bits per heavy atom. The fraction of sp³-hybridized carbons (Fsp3) is 0.318. The average Bonchev–Trinajstić information content (AvgIpc) is 3.07. The second-order valence-electron chi connectivity index (χ2n) is 7.27. The van der Waals surface area contributed by atoms with Crippen LogP contribution in [0.1, 0.15) is 41.6 Å². The number of aromatic nitrogens is 1. The largest absolute Gasteiger partial charge is 0.497 e. The molecule has 2 aliphatic rings. The van der Waals surface area contributed by atoms with Crippen molar-refractivity contribution in [3.05, 3.63) is 65.4 Å². The number of thiocarbonyl (C=S) groups is 1. The topological polar surface area (TPSA) is 28.3 Å². The van der Waals surface area contributed by atoms with Crippen LogP contribution in [0, 0.1) is 0 Å². The number of hydrogen-bond donors (Lipinski definition) is 1. The highest BCUT2D eigenvalue weighted by molar-refractivity contribution is 7.80. The molecule has 5 rings (SSSR count). The van der Waals surface area contributed by atoms with Crippen molar-refractivity contribution < 1.29 is 4.74 Å². The first-order valence-corrected chi connectivity index (χ1v) is 9.70. The number of nitrogens with zero attached hydrogens (tertiary/aromatic N) is 1. The van der Waals surface area contributed by atoms with Crippen molar-refractivity contribution in [1.82, 2.24) is 9.88 Å². The van der Waals surface area contributed by atoms with Gasteiger partial charge in [-0.05, 0) is 48.6 Å². The Morgan fingerprint density at radius 2 is 1.96 bits per heavy atom. The summed E-state index contributed by atoms with van der Waals surface area (Å²) < 4.78 is 5.45. The number of piperidine rings is 1. The first kappa shape index (κ1) is 15.9. The fourth-order valence-electron chi connectivity index (χ4n) is 4.75. The number of methoxy groups -OCH3 is 1. The van der Waals surface area contributed by atoms with Crippen LogP contribution in [0.15, 0.2) is 48.5 Å². The standard InChI is InChI=1S/C22H22N2OS/c1-25-15-7-9-19-18(13-15)17-11-12-24-20(26)10-8-16(22(24)21(17)23-19)14-5-3-2-4-6-14/h2-7,9,13,16,22-23H,8,10-12H2,1H3. The van der Waals surface area contributed by atoms with E-state index in [1.54, 1.807) is 7.11 Å². The zero-order valence-electron chi connectivity index (χ0n) is 14.9. The van der Waals surface area contributed by atoms with Gasteiger partial charge in [-0.1, -0.05) is 42.5 Å². The number of fused-ring (bicyclic) bond motifs is 5. The number of rotatable bonds is 2. The van der Waals surface area contributed by atoms with Gasteiger partial charge >= 0.3 is 0 Å². The van der Waals surface area contributed by atoms with E-state index in [1.807, 2.05) is 6.07 Å². The summed E-state index contributed by atoms with van der Waals surface area (Å²) in [6.45, 7) is 1.00. The Morgan fingerprint density at radius 3 is 2.77 bits per heavy atom. The maximum absolute atomic E-state index is 5.75. The van der Waals surface area contributed by atoms with E-state index in [-0.39, 0.29) is 0 Å². The zero-order valence-corrected chi connectivity index (χ0v) is 15.7. The maximum Gasteiger partial charge on any atom is 0.119 e. The molecule has 3 heterocycles. The Kier molecular flexibility index (Phi) is 3.75. The molecule has 2 atom stereocenters. The summed E-state index contributed by atoms with van der Waals surface area (Å²) in [4.78, 5) is 7.31. The second-order valence-corrected chi connectivity index (χ2v) is 7.74. The molecule has 0 bridgehead atoms. The van der Waals surface area contributed by atoms with Gasteiger partial charge in [-0.3, -0.25) is 0 Å². The Balaban J connectivity index is 1.67. The molecule has 0 amide bonds. The van der Waals surface area contributed by atoms with Crippen LogP contribution in [0.2, 0.25) is 0 Å². The smallest absolute Gasteiger partial charge is 0.119 e. The number of hydrogen-bond acceptors (Lipinski definition) is 2. The lowest BCUT2D eigenvalue weighted by Gasteiger charge is -2.46. The van der Waals surface area contributed by atoms with Gasteiger partial charge in [0.05, 0.1) is 18.1 Å². The summed E-state index contributed by atoms with van der Waals surface area (Å²) in [6, 6.07) is 17.5. The molecular formula is C22H22N2OS. The van der Waals surface area contributed by atoms with Gasteiger partial charge in [-0.15, -0.1) is 0 Å². The van der Waals surface area contributed by atoms with Gasteiger partial charge in [-0.25, -0.2) is 0 Å². The lowest BCUT2D eigenvalue weighted by molar-refractivity contribution is 0.225. The normalized spacial score (nSPS) is 22.2. The van der Waals surface area contributed by atoms with E-state index in [1.165, 1.54) is 27.7 Å². The molecule has 3 nitrogen and oxygen atoms in total. The number of ether oxygens (including phenoxy) is 1. The quantitative estimate of drug-likeness (QED) is 0.652. The van der Waals surface area contributed by atoms with Crippen LogP contribution in [0.25, 0.3) is 10.9 Å². The van der Waals surface area contributed by atoms with Gasteiger partial charge in [0.1, 0.15) is 5.75 Å². The SMILES string of the molecule is COc1ccc2[nH]c3c(c2c1)CCN1C(=S)CCC(c2ccccc2)C31. The molecule has 2 unspecified atom stereocenters. The number of H-pyrrole nitrogens is 1. The van der Waals surface area contributed by atoms with Gasteiger partial charge in [-0.2, -0.15) is 0 Å². The van der Waals surface area contributed by atoms with Gasteiger partial charge in [0.25, 0.3) is 0 Å². The Bertz CT molecular complexity index is 978. The minimum atomic E-state index is 0.306. The third-order valence-electron chi connectivity index (χ3n) is 5.98. The molecule has 1 fully saturated rings. The summed E-state index contributed by atoms with van der Waals surface area (Å²) in [5.41, 5.74) is 5.39. The van der Waals surface area contributed by atoms with E-state index in [9.17, 15) is 0 Å². The first-order valence-electron chi connectivity index (χ1n) is 9.29. The lowest BCUT2D eigenvalue weighted by Crippen LogP contribution is -2.45. The van der Waals surface area contributed by atoms with E-state index in [4.69, 9.17) is 17.0 Å². The molecule has 0 saturated carbocycles. The lowest BCUT2D eigenvalue weighted by atomic mass is 9.78. The van der Waals surface area contributed by atoms with Crippen molar-refractivity contribution in [2.24, 2.45) is 0 Å². The molecule has 1 saturated heterocycles. The first-order chi connectivity index (χ1) is 12.8. The molecule has 4 heteroatoms. The molecule has 2 aromatic carbocycles. The molecule has 132 valence electrons. The van der Waals surface area contributed by atoms with Crippen molar-refractivity contribution >= 4 is 28.1 Å². The van der Waals surface area contributed by atoms with Gasteiger partial charge in [0.15, 0.2) is 0 Å². The van der Waals surface area contributed by atoms with E-state index >= 15 is 0 Å². The third-order valence-corrected chi connectivity index (χ3v) is 6.42. The van der Waals surface area contributed by atoms with E-state index < -0.39 is 0 Å². The van der Waals surface area contributed by atoms with Crippen LogP contribution in [0.5, 0.6) is 5.75 Å². The van der Waals surface area contributed by atoms with Gasteiger partial charge < -0.3 is 14.6 Å². The summed E-state index contributed by atoms with van der Waals surface area (Å²) in [5.74, 6) is 1.39. The van der Waals surface area contributed by atoms with Crippen LogP contribution >= 0.6 is 12.2 Å². The summed E-state index contributed by atoms with van der Waals surface area (Å²) in [7, 11) is 1.73. The minimum absolute atomic E-state index is 0.306. The van der Waals surface area contributed by atoms with E-state index in [0.29, 0.717) is 12.0 Å². The minimum Gasteiger partial charge on any atom is -0.497 e. The van der Waals surface area contributed by atoms with Crippen molar-refractivity contribution in [3.63, 3.8) is 0 Å². The summed E-state index contributed by atoms with van der Waals surface area (Å²) >= 11 is 5.75. The van der Waals surface area contributed by atoms with Crippen LogP contribution in [0.3, 0.4) is 0 Å². The summed E-state index contributed by atoms with van der Waals surface area (Å²) in [5, 5.41) is 1.29. The summed E-state index contributed by atoms with van der Waals surface area (Å²) in [6.07, 6.45) is 3.15. The fourth-order valence-corrected chi connectivity index (χ4v) is 5.07. The van der Waals surface area contributed by atoms with Crippen molar-refractivity contribution in [1.29, 1.82) is 0 Å². The van der Waals surface area contributed by atoms with Crippen molar-refractivity contribution in [2.75, 3.05) is 13.7 Å². The molecule has 3 aromatic rings. The van der Waals surface area contributed by atoms with Crippen LogP contribution in [-0.4, -0.2) is 28.5 Å². The average molecular weight is 362 g/mol. The number of benzene rings is 2. The maximum atomic E-state index is 5.75. The van der Waals surface area contributed by atoms with Crippen molar-refractivity contribution in [3.8, 4) is 5.75 Å². The Hall–Kier alpha value is -2.33. The van der Waals surface area contributed by atoms with Crippen LogP contribution in [-0.2, 0) is 6.42 Å². The van der Waals surface area contributed by atoms with Crippen LogP contribution in [0.4, 0.5) is 0 Å².